The smallest absolute Gasteiger partial charge is 0.335 e. The second kappa shape index (κ2) is 13.2. The highest BCUT2D eigenvalue weighted by Gasteiger charge is 2.53. The number of carboxylic acid groups (broad SMARTS) is 1. The number of ether oxygens (including phenoxy) is 2. The fourth-order valence-corrected chi connectivity index (χ4v) is 5.27. The van der Waals surface area contributed by atoms with Crippen LogP contribution in [0.5, 0.6) is 0 Å². The fraction of sp³-hybridized carbons (Fsp3) is 0.433. The van der Waals surface area contributed by atoms with E-state index in [4.69, 9.17) is 9.47 Å². The molecule has 0 saturated carbocycles. The van der Waals surface area contributed by atoms with Crippen LogP contribution < -0.4 is 10.6 Å². The maximum absolute atomic E-state index is 15.3. The summed E-state index contributed by atoms with van der Waals surface area (Å²) in [7, 11) is 0. The van der Waals surface area contributed by atoms with Crippen LogP contribution in [0, 0.1) is 11.7 Å². The Morgan fingerprint density at radius 3 is 2.40 bits per heavy atom. The van der Waals surface area contributed by atoms with E-state index in [0.717, 1.165) is 4.90 Å². The number of anilines is 1. The Balaban J connectivity index is 1.63. The van der Waals surface area contributed by atoms with Crippen molar-refractivity contribution in [3.05, 3.63) is 65.5 Å². The molecule has 12 nitrogen and oxygen atoms in total. The van der Waals surface area contributed by atoms with Gasteiger partial charge in [-0.3, -0.25) is 9.59 Å². The van der Waals surface area contributed by atoms with Crippen molar-refractivity contribution in [2.24, 2.45) is 5.92 Å². The summed E-state index contributed by atoms with van der Waals surface area (Å²) in [6, 6.07) is 8.07. The van der Waals surface area contributed by atoms with Crippen LogP contribution in [0.25, 0.3) is 0 Å². The van der Waals surface area contributed by atoms with E-state index in [-0.39, 0.29) is 29.1 Å². The lowest BCUT2D eigenvalue weighted by atomic mass is 9.91. The molecule has 0 aromatic heterocycles. The zero-order valence-electron chi connectivity index (χ0n) is 24.2. The van der Waals surface area contributed by atoms with Gasteiger partial charge < -0.3 is 35.0 Å². The number of urea groups is 1. The standard InChI is InChI=1S/C30H35FN4O8/c1-30(2,3)43-28(40)23-16-21(26(37)34-11-13-42-14-12-34)25(20-9-4-5-10-22(20)31)35(23)24(36)17-32-29(41)33-19-8-6-7-18(15-19)27(38)39/h4-10,15,21,23,25H,11-14,16-17H2,1-3H3,(H,38,39)(H2,32,33,41). The first-order valence-corrected chi connectivity index (χ1v) is 13.9. The van der Waals surface area contributed by atoms with Crippen molar-refractivity contribution in [2.75, 3.05) is 38.2 Å². The molecule has 0 spiro atoms. The number of carbonyl (C=O) groups excluding carboxylic acids is 4. The van der Waals surface area contributed by atoms with Gasteiger partial charge in [-0.1, -0.05) is 24.3 Å². The minimum absolute atomic E-state index is 0.0464. The molecule has 13 heteroatoms. The van der Waals surface area contributed by atoms with Crippen LogP contribution >= 0.6 is 0 Å². The summed E-state index contributed by atoms with van der Waals surface area (Å²) < 4.78 is 26.3. The summed E-state index contributed by atoms with van der Waals surface area (Å²) in [5.74, 6) is -4.64. The van der Waals surface area contributed by atoms with Gasteiger partial charge in [-0.2, -0.15) is 0 Å². The number of likely N-dealkylation sites (tertiary alicyclic amines) is 1. The van der Waals surface area contributed by atoms with Crippen LogP contribution in [0.15, 0.2) is 48.5 Å². The van der Waals surface area contributed by atoms with Gasteiger partial charge in [0.25, 0.3) is 0 Å². The Bertz CT molecular complexity index is 1390. The molecule has 4 rings (SSSR count). The number of aromatic carboxylic acids is 1. The van der Waals surface area contributed by atoms with Crippen molar-refractivity contribution in [3.63, 3.8) is 0 Å². The van der Waals surface area contributed by atoms with Gasteiger partial charge in [0.2, 0.25) is 11.8 Å². The second-order valence-corrected chi connectivity index (χ2v) is 11.3. The minimum atomic E-state index is -1.23. The van der Waals surface area contributed by atoms with E-state index in [1.54, 1.807) is 31.7 Å². The summed E-state index contributed by atoms with van der Waals surface area (Å²) >= 11 is 0. The summed E-state index contributed by atoms with van der Waals surface area (Å²) in [5, 5.41) is 14.1. The number of nitrogens with one attached hydrogen (secondary N) is 2. The second-order valence-electron chi connectivity index (χ2n) is 11.3. The Kier molecular flexibility index (Phi) is 9.64. The molecule has 3 atom stereocenters. The molecule has 0 bridgehead atoms. The van der Waals surface area contributed by atoms with Crippen LogP contribution in [-0.4, -0.2) is 89.2 Å². The number of halogens is 1. The first-order valence-electron chi connectivity index (χ1n) is 13.9. The number of nitrogens with zero attached hydrogens (tertiary/aromatic N) is 2. The third-order valence-electron chi connectivity index (χ3n) is 7.09. The normalized spacial score (nSPS) is 20.3. The number of rotatable bonds is 7. The highest BCUT2D eigenvalue weighted by Crippen LogP contribution is 2.44. The molecular formula is C30H35FN4O8. The predicted octanol–water partition coefficient (Wildman–Crippen LogP) is 2.80. The average molecular weight is 599 g/mol. The van der Waals surface area contributed by atoms with E-state index in [9.17, 15) is 29.1 Å². The Morgan fingerprint density at radius 1 is 1.05 bits per heavy atom. The molecule has 0 radical (unpaired) electrons. The molecule has 2 aliphatic rings. The zero-order valence-corrected chi connectivity index (χ0v) is 24.2. The van der Waals surface area contributed by atoms with Gasteiger partial charge in [0.05, 0.1) is 37.3 Å². The van der Waals surface area contributed by atoms with Gasteiger partial charge in [0, 0.05) is 24.3 Å². The lowest BCUT2D eigenvalue weighted by Crippen LogP contribution is -2.49. The third kappa shape index (κ3) is 7.66. The number of carbonyl (C=O) groups is 5. The molecule has 4 amide bonds. The Labute approximate surface area is 248 Å². The quantitative estimate of drug-likeness (QED) is 0.411. The van der Waals surface area contributed by atoms with E-state index in [1.165, 1.54) is 42.5 Å². The van der Waals surface area contributed by atoms with Crippen molar-refractivity contribution in [1.29, 1.82) is 0 Å². The maximum atomic E-state index is 15.3. The summed E-state index contributed by atoms with van der Waals surface area (Å²) in [6.07, 6.45) is -0.107. The molecule has 2 aromatic rings. The molecule has 2 aliphatic heterocycles. The van der Waals surface area contributed by atoms with E-state index in [2.05, 4.69) is 10.6 Å². The number of esters is 1. The van der Waals surface area contributed by atoms with Crippen molar-refractivity contribution in [1.82, 2.24) is 15.1 Å². The molecule has 2 saturated heterocycles. The number of benzene rings is 2. The summed E-state index contributed by atoms with van der Waals surface area (Å²) in [5.41, 5.74) is -0.717. The number of morpholine rings is 1. The third-order valence-corrected chi connectivity index (χ3v) is 7.09. The van der Waals surface area contributed by atoms with Crippen LogP contribution in [-0.2, 0) is 23.9 Å². The number of hydrogen-bond acceptors (Lipinski definition) is 7. The van der Waals surface area contributed by atoms with Crippen LogP contribution in [0.1, 0.15) is 49.2 Å². The van der Waals surface area contributed by atoms with Crippen molar-refractivity contribution in [2.45, 2.75) is 44.9 Å². The Hall–Kier alpha value is -4.52. The van der Waals surface area contributed by atoms with Crippen molar-refractivity contribution >= 4 is 35.5 Å². The number of amides is 4. The maximum Gasteiger partial charge on any atom is 0.335 e. The molecule has 0 aliphatic carbocycles. The van der Waals surface area contributed by atoms with E-state index >= 15 is 4.39 Å². The topological polar surface area (TPSA) is 155 Å². The number of hydrogen-bond donors (Lipinski definition) is 3. The molecule has 43 heavy (non-hydrogen) atoms. The van der Waals surface area contributed by atoms with Crippen molar-refractivity contribution in [3.8, 4) is 0 Å². The first kappa shape index (κ1) is 31.4. The van der Waals surface area contributed by atoms with Crippen LogP contribution in [0.4, 0.5) is 14.9 Å². The van der Waals surface area contributed by atoms with Gasteiger partial charge in [-0.05, 0) is 51.5 Å². The van der Waals surface area contributed by atoms with Gasteiger partial charge in [-0.15, -0.1) is 0 Å². The van der Waals surface area contributed by atoms with Gasteiger partial charge in [0.15, 0.2) is 0 Å². The van der Waals surface area contributed by atoms with Crippen LogP contribution in [0.3, 0.4) is 0 Å². The molecule has 2 heterocycles. The predicted molar refractivity (Wildman–Crippen MR) is 152 cm³/mol. The Morgan fingerprint density at radius 2 is 1.74 bits per heavy atom. The van der Waals surface area contributed by atoms with E-state index in [0.29, 0.717) is 26.3 Å². The van der Waals surface area contributed by atoms with E-state index < -0.39 is 59.8 Å². The van der Waals surface area contributed by atoms with Crippen LogP contribution in [0.2, 0.25) is 0 Å². The highest BCUT2D eigenvalue weighted by atomic mass is 19.1. The molecule has 2 aromatic carbocycles. The van der Waals surface area contributed by atoms with Gasteiger partial charge >= 0.3 is 18.0 Å². The SMILES string of the molecule is CC(C)(C)OC(=O)C1CC(C(=O)N2CCOCC2)C(c2ccccc2F)N1C(=O)CNC(=O)Nc1cccc(C(=O)O)c1. The fourth-order valence-electron chi connectivity index (χ4n) is 5.27. The lowest BCUT2D eigenvalue weighted by Gasteiger charge is -2.34. The summed E-state index contributed by atoms with van der Waals surface area (Å²) in [6.45, 7) is 5.69. The number of carboxylic acids is 1. The van der Waals surface area contributed by atoms with Gasteiger partial charge in [-0.25, -0.2) is 18.8 Å². The van der Waals surface area contributed by atoms with Crippen molar-refractivity contribution < 1.29 is 42.9 Å². The molecule has 230 valence electrons. The average Bonchev–Trinajstić information content (AvgIpc) is 3.36. The zero-order chi connectivity index (χ0) is 31.3. The first-order chi connectivity index (χ1) is 20.4. The lowest BCUT2D eigenvalue weighted by molar-refractivity contribution is -0.164. The molecule has 3 unspecified atom stereocenters. The monoisotopic (exact) mass is 598 g/mol. The summed E-state index contributed by atoms with van der Waals surface area (Å²) in [4.78, 5) is 67.6. The molecular weight excluding hydrogens is 563 g/mol. The van der Waals surface area contributed by atoms with E-state index in [1.807, 2.05) is 0 Å². The highest BCUT2D eigenvalue weighted by molar-refractivity contribution is 5.96. The molecule has 2 fully saturated rings. The minimum Gasteiger partial charge on any atom is -0.478 e. The largest absolute Gasteiger partial charge is 0.478 e. The molecule has 3 N–H and O–H groups in total. The van der Waals surface area contributed by atoms with Gasteiger partial charge in [0.1, 0.15) is 17.5 Å².